The van der Waals surface area contributed by atoms with E-state index in [9.17, 15) is 0 Å². The van der Waals surface area contributed by atoms with Crippen molar-refractivity contribution < 1.29 is 4.74 Å². The lowest BCUT2D eigenvalue weighted by Crippen LogP contribution is -2.59. The summed E-state index contributed by atoms with van der Waals surface area (Å²) in [5, 5.41) is 3.26. The predicted octanol–water partition coefficient (Wildman–Crippen LogP) is 0.582. The molecule has 0 unspecified atom stereocenters. The minimum atomic E-state index is 0.0791. The van der Waals surface area contributed by atoms with Crippen molar-refractivity contribution in [3.63, 3.8) is 0 Å². The molecule has 1 aromatic heterocycles. The highest BCUT2D eigenvalue weighted by Gasteiger charge is 2.32. The second-order valence-electron chi connectivity index (χ2n) is 5.92. The van der Waals surface area contributed by atoms with E-state index in [0.717, 1.165) is 58.2 Å². The van der Waals surface area contributed by atoms with Gasteiger partial charge in [-0.2, -0.15) is 0 Å². The van der Waals surface area contributed by atoms with Crippen LogP contribution in [0.3, 0.4) is 0 Å². The van der Waals surface area contributed by atoms with Gasteiger partial charge in [-0.05, 0) is 19.1 Å². The Kier molecular flexibility index (Phi) is 4.19. The number of piperazine rings is 1. The van der Waals surface area contributed by atoms with E-state index < -0.39 is 0 Å². The van der Waals surface area contributed by atoms with Gasteiger partial charge in [-0.15, -0.1) is 0 Å². The van der Waals surface area contributed by atoms with Crippen molar-refractivity contribution in [2.75, 3.05) is 57.3 Å². The van der Waals surface area contributed by atoms with Crippen LogP contribution in [0.4, 0.5) is 5.82 Å². The Hall–Kier alpha value is -1.17. The van der Waals surface area contributed by atoms with Crippen molar-refractivity contribution in [1.29, 1.82) is 0 Å². The maximum absolute atomic E-state index is 5.95. The molecule has 2 saturated heterocycles. The van der Waals surface area contributed by atoms with E-state index in [1.165, 1.54) is 0 Å². The molecule has 0 amide bonds. The van der Waals surface area contributed by atoms with Gasteiger partial charge >= 0.3 is 0 Å². The molecule has 0 aromatic carbocycles. The van der Waals surface area contributed by atoms with Gasteiger partial charge in [-0.3, -0.25) is 4.90 Å². The van der Waals surface area contributed by atoms with Gasteiger partial charge in [0.2, 0.25) is 0 Å². The summed E-state index contributed by atoms with van der Waals surface area (Å²) in [5.41, 5.74) is 0.0791. The zero-order valence-corrected chi connectivity index (χ0v) is 12.2. The number of hydrogen-bond donors (Lipinski definition) is 1. The van der Waals surface area contributed by atoms with Crippen molar-refractivity contribution in [1.82, 2.24) is 15.2 Å². The zero-order chi connectivity index (χ0) is 13.8. The summed E-state index contributed by atoms with van der Waals surface area (Å²) in [6.07, 6.45) is 1.86. The number of nitrogens with one attached hydrogen (secondary N) is 1. The fraction of sp³-hybridized carbons (Fsp3) is 0.667. The van der Waals surface area contributed by atoms with E-state index >= 15 is 0 Å². The van der Waals surface area contributed by atoms with Gasteiger partial charge in [-0.25, -0.2) is 4.98 Å². The van der Waals surface area contributed by atoms with Crippen LogP contribution in [0.5, 0.6) is 0 Å². The van der Waals surface area contributed by atoms with Crippen LogP contribution in [0.25, 0.3) is 0 Å². The fourth-order valence-corrected chi connectivity index (χ4v) is 2.74. The average Bonchev–Trinajstić information content (AvgIpc) is 2.47. The fourth-order valence-electron chi connectivity index (χ4n) is 2.74. The maximum atomic E-state index is 5.95. The van der Waals surface area contributed by atoms with Crippen LogP contribution in [-0.2, 0) is 4.74 Å². The highest BCUT2D eigenvalue weighted by Crippen LogP contribution is 2.16. The summed E-state index contributed by atoms with van der Waals surface area (Å²) >= 11 is 0. The molecule has 3 rings (SSSR count). The Balaban J connectivity index is 1.38. The summed E-state index contributed by atoms with van der Waals surface area (Å²) in [6.45, 7) is 10.3. The monoisotopic (exact) mass is 276 g/mol. The summed E-state index contributed by atoms with van der Waals surface area (Å²) < 4.78 is 5.95. The van der Waals surface area contributed by atoms with Crippen LogP contribution in [0.15, 0.2) is 24.4 Å². The number of nitrogens with zero attached hydrogens (tertiary/aromatic N) is 3. The van der Waals surface area contributed by atoms with E-state index in [1.54, 1.807) is 0 Å². The molecular weight excluding hydrogens is 252 g/mol. The predicted molar refractivity (Wildman–Crippen MR) is 80.1 cm³/mol. The first-order chi connectivity index (χ1) is 9.75. The molecule has 0 saturated carbocycles. The standard InChI is InChI=1S/C15H24N4O/c1-15(12-16-13-15)20-11-10-18-6-8-19(9-7-18)14-4-2-3-5-17-14/h2-5,16H,6-13H2,1H3. The first kappa shape index (κ1) is 13.8. The van der Waals surface area contributed by atoms with Gasteiger partial charge < -0.3 is 15.0 Å². The molecule has 2 aliphatic heterocycles. The Morgan fingerprint density at radius 1 is 1.25 bits per heavy atom. The molecule has 1 aromatic rings. The average molecular weight is 276 g/mol. The molecule has 110 valence electrons. The first-order valence-corrected chi connectivity index (χ1v) is 7.48. The van der Waals surface area contributed by atoms with Crippen molar-refractivity contribution in [3.05, 3.63) is 24.4 Å². The quantitative estimate of drug-likeness (QED) is 0.852. The summed E-state index contributed by atoms with van der Waals surface area (Å²) in [4.78, 5) is 9.25. The summed E-state index contributed by atoms with van der Waals surface area (Å²) in [5.74, 6) is 1.09. The second kappa shape index (κ2) is 6.08. The number of pyridine rings is 1. The molecule has 3 heterocycles. The highest BCUT2D eigenvalue weighted by molar-refractivity contribution is 5.38. The molecule has 0 atom stereocenters. The molecule has 0 radical (unpaired) electrons. The van der Waals surface area contributed by atoms with Crippen LogP contribution in [0, 0.1) is 0 Å². The Morgan fingerprint density at radius 3 is 2.65 bits per heavy atom. The number of rotatable bonds is 5. The van der Waals surface area contributed by atoms with Gasteiger partial charge in [-0.1, -0.05) is 6.07 Å². The first-order valence-electron chi connectivity index (χ1n) is 7.48. The largest absolute Gasteiger partial charge is 0.371 e. The van der Waals surface area contributed by atoms with Crippen LogP contribution >= 0.6 is 0 Å². The Labute approximate surface area is 120 Å². The Bertz CT molecular complexity index is 413. The molecule has 2 aliphatic rings. The minimum absolute atomic E-state index is 0.0791. The lowest BCUT2D eigenvalue weighted by Gasteiger charge is -2.40. The lowest BCUT2D eigenvalue weighted by molar-refractivity contribution is -0.0723. The second-order valence-corrected chi connectivity index (χ2v) is 5.92. The van der Waals surface area contributed by atoms with Crippen LogP contribution in [0.1, 0.15) is 6.92 Å². The number of hydrogen-bond acceptors (Lipinski definition) is 5. The molecule has 2 fully saturated rings. The van der Waals surface area contributed by atoms with Gasteiger partial charge in [0.15, 0.2) is 0 Å². The van der Waals surface area contributed by atoms with E-state index in [2.05, 4.69) is 39.2 Å². The highest BCUT2D eigenvalue weighted by atomic mass is 16.5. The third-order valence-corrected chi connectivity index (χ3v) is 4.20. The van der Waals surface area contributed by atoms with Gasteiger partial charge in [0.05, 0.1) is 12.2 Å². The van der Waals surface area contributed by atoms with Crippen LogP contribution in [0.2, 0.25) is 0 Å². The zero-order valence-electron chi connectivity index (χ0n) is 12.2. The van der Waals surface area contributed by atoms with Crippen LogP contribution < -0.4 is 10.2 Å². The van der Waals surface area contributed by atoms with E-state index in [1.807, 2.05) is 12.3 Å². The van der Waals surface area contributed by atoms with Crippen molar-refractivity contribution >= 4 is 5.82 Å². The van der Waals surface area contributed by atoms with Gasteiger partial charge in [0, 0.05) is 52.0 Å². The Morgan fingerprint density at radius 2 is 2.05 bits per heavy atom. The summed E-state index contributed by atoms with van der Waals surface area (Å²) in [6, 6.07) is 6.10. The normalized spacial score (nSPS) is 22.6. The van der Waals surface area contributed by atoms with Gasteiger partial charge in [0.25, 0.3) is 0 Å². The molecule has 5 nitrogen and oxygen atoms in total. The maximum Gasteiger partial charge on any atom is 0.128 e. The molecule has 0 spiro atoms. The van der Waals surface area contributed by atoms with E-state index in [-0.39, 0.29) is 5.60 Å². The third kappa shape index (κ3) is 3.29. The van der Waals surface area contributed by atoms with Gasteiger partial charge in [0.1, 0.15) is 5.82 Å². The SMILES string of the molecule is CC1(OCCN2CCN(c3ccccn3)CC2)CNC1. The number of ether oxygens (including phenoxy) is 1. The molecule has 0 aliphatic carbocycles. The van der Waals surface area contributed by atoms with Crippen LogP contribution in [-0.4, -0.2) is 67.9 Å². The minimum Gasteiger partial charge on any atom is -0.371 e. The van der Waals surface area contributed by atoms with E-state index in [4.69, 9.17) is 4.74 Å². The number of aromatic nitrogens is 1. The van der Waals surface area contributed by atoms with Crippen molar-refractivity contribution in [3.8, 4) is 0 Å². The topological polar surface area (TPSA) is 40.6 Å². The summed E-state index contributed by atoms with van der Waals surface area (Å²) in [7, 11) is 0. The van der Waals surface area contributed by atoms with Crippen molar-refractivity contribution in [2.45, 2.75) is 12.5 Å². The molecule has 5 heteroatoms. The molecule has 0 bridgehead atoms. The van der Waals surface area contributed by atoms with E-state index in [0.29, 0.717) is 0 Å². The lowest BCUT2D eigenvalue weighted by atomic mass is 10.0. The molecule has 1 N–H and O–H groups in total. The van der Waals surface area contributed by atoms with Crippen molar-refractivity contribution in [2.24, 2.45) is 0 Å². The molecular formula is C15H24N4O. The number of anilines is 1. The molecule has 20 heavy (non-hydrogen) atoms. The smallest absolute Gasteiger partial charge is 0.128 e. The third-order valence-electron chi connectivity index (χ3n) is 4.20.